The van der Waals surface area contributed by atoms with Crippen LogP contribution in [0.5, 0.6) is 0 Å². The average molecular weight is 343 g/mol. The fraction of sp³-hybridized carbons (Fsp3) is 0.118. The van der Waals surface area contributed by atoms with E-state index in [0.29, 0.717) is 21.9 Å². The first-order valence-electron chi connectivity index (χ1n) is 7.18. The number of carbonyl (C=O) groups excluding carboxylic acids is 1. The number of carbonyl (C=O) groups is 1. The quantitative estimate of drug-likeness (QED) is 0.775. The van der Waals surface area contributed by atoms with Gasteiger partial charge in [-0.15, -0.1) is 11.3 Å². The number of anilines is 1. The zero-order valence-corrected chi connectivity index (χ0v) is 13.7. The monoisotopic (exact) mass is 343 g/mol. The Hall–Kier alpha value is -2.18. The molecule has 0 atom stereocenters. The summed E-state index contributed by atoms with van der Waals surface area (Å²) < 4.78 is 25.0. The second kappa shape index (κ2) is 5.18. The highest BCUT2D eigenvalue weighted by atomic mass is 32.2. The number of benzene rings is 2. The Bertz CT molecular complexity index is 1000. The predicted molar refractivity (Wildman–Crippen MR) is 92.0 cm³/mol. The van der Waals surface area contributed by atoms with Crippen molar-refractivity contribution >= 4 is 42.9 Å². The van der Waals surface area contributed by atoms with Gasteiger partial charge >= 0.3 is 0 Å². The number of fused-ring (bicyclic) bond motifs is 2. The van der Waals surface area contributed by atoms with Gasteiger partial charge in [-0.25, -0.2) is 8.42 Å². The Kier molecular flexibility index (Phi) is 3.25. The van der Waals surface area contributed by atoms with Crippen LogP contribution in [0.4, 0.5) is 5.69 Å². The van der Waals surface area contributed by atoms with Gasteiger partial charge in [0.2, 0.25) is 0 Å². The van der Waals surface area contributed by atoms with E-state index in [2.05, 4.69) is 5.32 Å². The van der Waals surface area contributed by atoms with Crippen LogP contribution >= 0.6 is 11.3 Å². The van der Waals surface area contributed by atoms with Crippen LogP contribution in [0.2, 0.25) is 0 Å². The van der Waals surface area contributed by atoms with Gasteiger partial charge in [0.1, 0.15) is 0 Å². The molecule has 0 fully saturated rings. The van der Waals surface area contributed by atoms with Gasteiger partial charge in [0, 0.05) is 10.4 Å². The van der Waals surface area contributed by atoms with Gasteiger partial charge in [0.15, 0.2) is 9.84 Å². The van der Waals surface area contributed by atoms with Crippen LogP contribution in [0.15, 0.2) is 53.4 Å². The van der Waals surface area contributed by atoms with Crippen molar-refractivity contribution in [3.8, 4) is 0 Å². The van der Waals surface area contributed by atoms with E-state index >= 15 is 0 Å². The summed E-state index contributed by atoms with van der Waals surface area (Å²) in [5.41, 5.74) is 1.33. The number of hydrogen-bond donors (Lipinski definition) is 1. The highest BCUT2D eigenvalue weighted by molar-refractivity contribution is 7.91. The molecule has 2 aromatic carbocycles. The van der Waals surface area contributed by atoms with Gasteiger partial charge < -0.3 is 5.32 Å². The molecule has 0 aliphatic carbocycles. The van der Waals surface area contributed by atoms with Gasteiger partial charge in [0.05, 0.1) is 15.5 Å². The maximum atomic E-state index is 12.4. The SMILES string of the molecule is O=C(Nc1ccc2c(c1)S(=O)(=O)CC2)c1cc2ccccc2s1. The number of amides is 1. The summed E-state index contributed by atoms with van der Waals surface area (Å²) in [5.74, 6) is -0.0719. The van der Waals surface area contributed by atoms with Crippen molar-refractivity contribution in [3.63, 3.8) is 0 Å². The molecule has 4 nitrogen and oxygen atoms in total. The van der Waals surface area contributed by atoms with E-state index in [1.54, 1.807) is 18.2 Å². The molecule has 6 heteroatoms. The van der Waals surface area contributed by atoms with Crippen molar-refractivity contribution in [2.45, 2.75) is 11.3 Å². The molecule has 0 radical (unpaired) electrons. The summed E-state index contributed by atoms with van der Waals surface area (Å²) in [6, 6.07) is 14.7. The van der Waals surface area contributed by atoms with Crippen LogP contribution in [0.25, 0.3) is 10.1 Å². The Labute approximate surface area is 137 Å². The van der Waals surface area contributed by atoms with Crippen molar-refractivity contribution < 1.29 is 13.2 Å². The molecule has 0 spiro atoms. The summed E-state index contributed by atoms with van der Waals surface area (Å²) in [6.45, 7) is 0. The van der Waals surface area contributed by atoms with Crippen molar-refractivity contribution in [1.29, 1.82) is 0 Å². The van der Waals surface area contributed by atoms with Gasteiger partial charge in [-0.3, -0.25) is 4.79 Å². The van der Waals surface area contributed by atoms with Crippen LogP contribution in [-0.4, -0.2) is 20.1 Å². The third-order valence-electron chi connectivity index (χ3n) is 3.95. The summed E-state index contributed by atoms with van der Waals surface area (Å²) >= 11 is 1.42. The normalized spacial score (nSPS) is 15.5. The molecular formula is C17H13NO3S2. The second-order valence-electron chi connectivity index (χ2n) is 5.49. The highest BCUT2D eigenvalue weighted by Gasteiger charge is 2.26. The number of thiophene rings is 1. The van der Waals surface area contributed by atoms with Crippen molar-refractivity contribution in [2.75, 3.05) is 11.1 Å². The smallest absolute Gasteiger partial charge is 0.265 e. The first-order chi connectivity index (χ1) is 11.0. The summed E-state index contributed by atoms with van der Waals surface area (Å²) in [5, 5.41) is 3.82. The minimum Gasteiger partial charge on any atom is -0.321 e. The molecule has 1 aliphatic rings. The van der Waals surface area contributed by atoms with E-state index in [0.717, 1.165) is 15.6 Å². The molecule has 1 amide bonds. The Morgan fingerprint density at radius 2 is 1.91 bits per heavy atom. The van der Waals surface area contributed by atoms with E-state index in [1.165, 1.54) is 11.3 Å². The lowest BCUT2D eigenvalue weighted by molar-refractivity contribution is 0.103. The van der Waals surface area contributed by atoms with Gasteiger partial charge in [0.25, 0.3) is 5.91 Å². The highest BCUT2D eigenvalue weighted by Crippen LogP contribution is 2.30. The minimum absolute atomic E-state index is 0.149. The van der Waals surface area contributed by atoms with E-state index in [1.807, 2.05) is 30.3 Å². The zero-order valence-electron chi connectivity index (χ0n) is 12.1. The maximum Gasteiger partial charge on any atom is 0.265 e. The van der Waals surface area contributed by atoms with Crippen LogP contribution in [0.3, 0.4) is 0 Å². The number of nitrogens with one attached hydrogen (secondary N) is 1. The first-order valence-corrected chi connectivity index (χ1v) is 9.65. The van der Waals surface area contributed by atoms with Crippen molar-refractivity contribution in [3.05, 3.63) is 59.0 Å². The molecule has 4 rings (SSSR count). The molecule has 0 saturated heterocycles. The lowest BCUT2D eigenvalue weighted by atomic mass is 10.1. The van der Waals surface area contributed by atoms with Crippen LogP contribution in [0.1, 0.15) is 15.2 Å². The summed E-state index contributed by atoms with van der Waals surface area (Å²) in [6.07, 6.45) is 0.544. The van der Waals surface area contributed by atoms with E-state index in [4.69, 9.17) is 0 Å². The summed E-state index contributed by atoms with van der Waals surface area (Å²) in [7, 11) is -3.20. The van der Waals surface area contributed by atoms with E-state index in [9.17, 15) is 13.2 Å². The van der Waals surface area contributed by atoms with Crippen molar-refractivity contribution in [1.82, 2.24) is 0 Å². The standard InChI is InChI=1S/C17H13NO3S2/c19-17(15-9-12-3-1-2-4-14(12)22-15)18-13-6-5-11-7-8-23(20,21)16(11)10-13/h1-6,9-10H,7-8H2,(H,18,19). The van der Waals surface area contributed by atoms with Gasteiger partial charge in [-0.05, 0) is 41.6 Å². The molecule has 1 N–H and O–H groups in total. The molecule has 23 heavy (non-hydrogen) atoms. The van der Waals surface area contributed by atoms with E-state index in [-0.39, 0.29) is 11.7 Å². The second-order valence-corrected chi connectivity index (χ2v) is 8.66. The number of hydrogen-bond acceptors (Lipinski definition) is 4. The summed E-state index contributed by atoms with van der Waals surface area (Å²) in [4.78, 5) is 13.3. The third-order valence-corrected chi connectivity index (χ3v) is 6.86. The zero-order chi connectivity index (χ0) is 16.0. The molecule has 1 aromatic heterocycles. The lowest BCUT2D eigenvalue weighted by Crippen LogP contribution is -2.10. The molecule has 0 saturated carbocycles. The largest absolute Gasteiger partial charge is 0.321 e. The molecule has 3 aromatic rings. The maximum absolute atomic E-state index is 12.4. The first kappa shape index (κ1) is 14.4. The van der Waals surface area contributed by atoms with Crippen LogP contribution in [-0.2, 0) is 16.3 Å². The molecule has 1 aliphatic heterocycles. The van der Waals surface area contributed by atoms with Crippen LogP contribution in [0, 0.1) is 0 Å². The molecule has 2 heterocycles. The Balaban J connectivity index is 1.64. The molecule has 116 valence electrons. The predicted octanol–water partition coefficient (Wildman–Crippen LogP) is 3.48. The molecule has 0 bridgehead atoms. The lowest BCUT2D eigenvalue weighted by Gasteiger charge is -2.06. The van der Waals surface area contributed by atoms with Gasteiger partial charge in [-0.2, -0.15) is 0 Å². The minimum atomic E-state index is -3.20. The van der Waals surface area contributed by atoms with E-state index < -0.39 is 9.84 Å². The fourth-order valence-corrected chi connectivity index (χ4v) is 5.31. The number of rotatable bonds is 2. The third kappa shape index (κ3) is 2.54. The average Bonchev–Trinajstić information content (AvgIpc) is 3.09. The number of sulfone groups is 1. The Morgan fingerprint density at radius 1 is 1.09 bits per heavy atom. The molecular weight excluding hydrogens is 330 g/mol. The number of aryl methyl sites for hydroxylation is 1. The van der Waals surface area contributed by atoms with Crippen molar-refractivity contribution in [2.24, 2.45) is 0 Å². The Morgan fingerprint density at radius 3 is 2.74 bits per heavy atom. The fourth-order valence-electron chi connectivity index (χ4n) is 2.77. The van der Waals surface area contributed by atoms with Crippen LogP contribution < -0.4 is 5.32 Å². The van der Waals surface area contributed by atoms with Gasteiger partial charge in [-0.1, -0.05) is 24.3 Å². The topological polar surface area (TPSA) is 63.2 Å². The molecule has 0 unspecified atom stereocenters.